The van der Waals surface area contributed by atoms with E-state index in [0.29, 0.717) is 36.7 Å². The van der Waals surface area contributed by atoms with Crippen molar-refractivity contribution in [2.45, 2.75) is 83.0 Å². The first-order valence-electron chi connectivity index (χ1n) is 13.0. The zero-order chi connectivity index (χ0) is 26.6. The van der Waals surface area contributed by atoms with Gasteiger partial charge in [-0.2, -0.15) is 13.2 Å². The van der Waals surface area contributed by atoms with Crippen LogP contribution in [0.4, 0.5) is 13.2 Å². The van der Waals surface area contributed by atoms with Crippen molar-refractivity contribution >= 4 is 11.7 Å². The van der Waals surface area contributed by atoms with Crippen molar-refractivity contribution < 1.29 is 27.9 Å². The molecule has 4 nitrogen and oxygen atoms in total. The third-order valence-electron chi connectivity index (χ3n) is 9.31. The number of allylic oxidation sites excluding steroid dienone is 4. The van der Waals surface area contributed by atoms with Gasteiger partial charge in [-0.25, -0.2) is 0 Å². The van der Waals surface area contributed by atoms with Crippen LogP contribution in [0.15, 0.2) is 47.1 Å². The number of rotatable bonds is 3. The van der Waals surface area contributed by atoms with E-state index < -0.39 is 23.1 Å². The molecule has 0 spiro atoms. The number of aliphatic hydroxyl groups is 1. The molecule has 0 radical (unpaired) electrons. The number of alkyl halides is 3. The smallest absolute Gasteiger partial charge is 0.377 e. The fraction of sp³-hybridized carbons (Fsp3) is 0.533. The van der Waals surface area contributed by atoms with Crippen LogP contribution in [0.3, 0.4) is 0 Å². The van der Waals surface area contributed by atoms with Gasteiger partial charge in [-0.15, -0.1) is 5.92 Å². The minimum absolute atomic E-state index is 0.0141. The molecular formula is C30H32F3NO3. The second kappa shape index (κ2) is 9.16. The number of ketones is 1. The maximum absolute atomic E-state index is 12.6. The molecule has 1 aromatic rings. The summed E-state index contributed by atoms with van der Waals surface area (Å²) < 4.78 is 37.7. The van der Waals surface area contributed by atoms with Crippen molar-refractivity contribution in [1.82, 2.24) is 5.32 Å². The van der Waals surface area contributed by atoms with Crippen LogP contribution in [-0.4, -0.2) is 28.6 Å². The topological polar surface area (TPSA) is 66.4 Å². The summed E-state index contributed by atoms with van der Waals surface area (Å²) >= 11 is 0. The molecule has 1 aromatic carbocycles. The minimum Gasteiger partial charge on any atom is -0.377 e. The van der Waals surface area contributed by atoms with Gasteiger partial charge in [0.1, 0.15) is 5.60 Å². The predicted molar refractivity (Wildman–Crippen MR) is 133 cm³/mol. The number of halogens is 3. The van der Waals surface area contributed by atoms with Crippen molar-refractivity contribution in [2.75, 3.05) is 0 Å². The lowest BCUT2D eigenvalue weighted by Crippen LogP contribution is -2.51. The lowest BCUT2D eigenvalue weighted by atomic mass is 9.51. The number of hydrogen-bond donors (Lipinski definition) is 2. The third-order valence-corrected chi connectivity index (χ3v) is 9.31. The van der Waals surface area contributed by atoms with Gasteiger partial charge in [0, 0.05) is 24.3 Å². The maximum atomic E-state index is 12.6. The molecule has 2 N–H and O–H groups in total. The molecule has 0 aliphatic heterocycles. The Kier molecular flexibility index (Phi) is 6.39. The Morgan fingerprint density at radius 3 is 2.57 bits per heavy atom. The molecule has 0 heterocycles. The van der Waals surface area contributed by atoms with Gasteiger partial charge >= 0.3 is 12.1 Å². The van der Waals surface area contributed by atoms with Crippen molar-refractivity contribution in [1.29, 1.82) is 0 Å². The summed E-state index contributed by atoms with van der Waals surface area (Å²) in [6.07, 6.45) is 2.20. The van der Waals surface area contributed by atoms with Crippen LogP contribution in [0.5, 0.6) is 0 Å². The highest BCUT2D eigenvalue weighted by Crippen LogP contribution is 2.66. The summed E-state index contributed by atoms with van der Waals surface area (Å²) in [4.78, 5) is 23.4. The molecule has 37 heavy (non-hydrogen) atoms. The normalized spacial score (nSPS) is 33.0. The number of nitrogens with one attached hydrogen (secondary N) is 1. The van der Waals surface area contributed by atoms with Gasteiger partial charge in [0.2, 0.25) is 0 Å². The lowest BCUT2D eigenvalue weighted by molar-refractivity contribution is -0.173. The van der Waals surface area contributed by atoms with E-state index in [1.807, 2.05) is 23.5 Å². The van der Waals surface area contributed by atoms with Gasteiger partial charge in [-0.05, 0) is 85.6 Å². The molecule has 7 heteroatoms. The summed E-state index contributed by atoms with van der Waals surface area (Å²) in [5, 5.41) is 13.6. The van der Waals surface area contributed by atoms with E-state index in [-0.39, 0.29) is 18.2 Å². The average molecular weight is 512 g/mol. The van der Waals surface area contributed by atoms with E-state index >= 15 is 0 Å². The molecule has 0 bridgehead atoms. The van der Waals surface area contributed by atoms with Crippen molar-refractivity contribution in [3.05, 3.63) is 58.2 Å². The Bertz CT molecular complexity index is 1250. The number of hydrogen-bond acceptors (Lipinski definition) is 3. The van der Waals surface area contributed by atoms with E-state index in [1.165, 1.54) is 11.1 Å². The van der Waals surface area contributed by atoms with Crippen molar-refractivity contribution in [3.63, 3.8) is 0 Å². The second-order valence-corrected chi connectivity index (χ2v) is 11.2. The second-order valence-electron chi connectivity index (χ2n) is 11.2. The lowest BCUT2D eigenvalue weighted by Gasteiger charge is -2.53. The molecule has 196 valence electrons. The summed E-state index contributed by atoms with van der Waals surface area (Å²) in [5.41, 5.74) is 3.96. The van der Waals surface area contributed by atoms with E-state index in [4.69, 9.17) is 0 Å². The van der Waals surface area contributed by atoms with Crippen LogP contribution in [0.2, 0.25) is 0 Å². The Morgan fingerprint density at radius 1 is 1.16 bits per heavy atom. The molecule has 4 aliphatic rings. The summed E-state index contributed by atoms with van der Waals surface area (Å²) in [6, 6.07) is 7.38. The fourth-order valence-electron chi connectivity index (χ4n) is 7.53. The van der Waals surface area contributed by atoms with Crippen molar-refractivity contribution in [3.8, 4) is 11.8 Å². The molecule has 2 fully saturated rings. The molecule has 4 aliphatic carbocycles. The highest BCUT2D eigenvalue weighted by molar-refractivity contribution is 5.93. The number of amides is 1. The first-order chi connectivity index (χ1) is 17.5. The summed E-state index contributed by atoms with van der Waals surface area (Å²) in [7, 11) is 0. The zero-order valence-electron chi connectivity index (χ0n) is 21.2. The van der Waals surface area contributed by atoms with Gasteiger partial charge in [0.05, 0.1) is 0 Å². The van der Waals surface area contributed by atoms with Crippen LogP contribution < -0.4 is 5.32 Å². The number of carbonyl (C=O) groups is 2. The van der Waals surface area contributed by atoms with Crippen LogP contribution in [0.25, 0.3) is 0 Å². The number of fused-ring (bicyclic) bond motifs is 4. The van der Waals surface area contributed by atoms with E-state index in [2.05, 4.69) is 18.8 Å². The number of benzene rings is 1. The molecule has 0 aromatic heterocycles. The Morgan fingerprint density at radius 2 is 1.89 bits per heavy atom. The van der Waals surface area contributed by atoms with Gasteiger partial charge < -0.3 is 10.4 Å². The molecule has 0 unspecified atom stereocenters. The maximum Gasteiger partial charge on any atom is 0.471 e. The van der Waals surface area contributed by atoms with E-state index in [9.17, 15) is 27.9 Å². The highest BCUT2D eigenvalue weighted by atomic mass is 19.4. The highest BCUT2D eigenvalue weighted by Gasteiger charge is 2.62. The quantitative estimate of drug-likeness (QED) is 0.526. The molecular weight excluding hydrogens is 479 g/mol. The molecule has 2 saturated carbocycles. The monoisotopic (exact) mass is 511 g/mol. The first-order valence-corrected chi connectivity index (χ1v) is 13.0. The minimum atomic E-state index is -4.91. The van der Waals surface area contributed by atoms with Gasteiger partial charge in [-0.1, -0.05) is 42.7 Å². The predicted octanol–water partition coefficient (Wildman–Crippen LogP) is 5.52. The summed E-state index contributed by atoms with van der Waals surface area (Å²) in [5.74, 6) is 4.92. The van der Waals surface area contributed by atoms with Gasteiger partial charge in [0.25, 0.3) is 0 Å². The van der Waals surface area contributed by atoms with E-state index in [0.717, 1.165) is 36.8 Å². The first kappa shape index (κ1) is 25.8. The fourth-order valence-corrected chi connectivity index (χ4v) is 7.53. The number of carbonyl (C=O) groups excluding carboxylic acids is 2. The molecule has 0 saturated heterocycles. The Hall–Kier alpha value is -2.85. The standard InChI is InChI=1S/C30H32F3NO3/c1-3-13-29(37)14-12-25-23-10-8-20-15-21(35)9-11-22(20)26(23)24(16-28(25,29)2)19-6-4-18(5-7-19)17-34-27(36)30(31,32)33/h4-7,15,23-25,37H,8-12,14,16-17H2,1-2H3,(H,34,36)/t23-,24+,25-,28-,29-/m0/s1. The molecule has 1 amide bonds. The zero-order valence-corrected chi connectivity index (χ0v) is 21.2. The van der Waals surface area contributed by atoms with Crippen LogP contribution >= 0.6 is 0 Å². The average Bonchev–Trinajstić information content (AvgIpc) is 3.11. The van der Waals surface area contributed by atoms with Gasteiger partial charge in [-0.3, -0.25) is 9.59 Å². The molecule has 5 atom stereocenters. The SMILES string of the molecule is CC#C[C@]1(O)CC[C@H]2[C@@H]3CCC4=CC(=O)CCC4=C3[C@@H](c3ccc(CNC(=O)C(F)(F)F)cc3)C[C@@]21C. The van der Waals surface area contributed by atoms with Crippen LogP contribution in [0, 0.1) is 29.1 Å². The largest absolute Gasteiger partial charge is 0.471 e. The van der Waals surface area contributed by atoms with Crippen molar-refractivity contribution in [2.24, 2.45) is 17.3 Å². The van der Waals surface area contributed by atoms with Crippen LogP contribution in [-0.2, 0) is 16.1 Å². The molecule has 5 rings (SSSR count). The Labute approximate surface area is 215 Å². The van der Waals surface area contributed by atoms with Gasteiger partial charge in [0.15, 0.2) is 5.78 Å². The van der Waals surface area contributed by atoms with E-state index in [1.54, 1.807) is 19.1 Å². The third kappa shape index (κ3) is 4.33. The summed E-state index contributed by atoms with van der Waals surface area (Å²) in [6.45, 7) is 3.72. The van der Waals surface area contributed by atoms with Crippen LogP contribution in [0.1, 0.15) is 75.8 Å². The Balaban J connectivity index is 1.53.